The van der Waals surface area contributed by atoms with E-state index in [-0.39, 0.29) is 11.9 Å². The fraction of sp³-hybridized carbons (Fsp3) is 0.833. The summed E-state index contributed by atoms with van der Waals surface area (Å²) in [6.45, 7) is 6.70. The first-order chi connectivity index (χ1) is 8.58. The van der Waals surface area contributed by atoms with E-state index in [1.165, 1.54) is 7.05 Å². The summed E-state index contributed by atoms with van der Waals surface area (Å²) in [5.74, 6) is -0.240. The lowest BCUT2D eigenvalue weighted by Crippen LogP contribution is -2.52. The summed E-state index contributed by atoms with van der Waals surface area (Å²) in [5, 5.41) is 8.12. The second kappa shape index (κ2) is 7.33. The van der Waals surface area contributed by atoms with Crippen molar-refractivity contribution in [2.75, 3.05) is 26.7 Å². The largest absolute Gasteiger partial charge is 0.341 e. The van der Waals surface area contributed by atoms with E-state index in [0.717, 1.165) is 32.5 Å². The van der Waals surface area contributed by atoms with Crippen molar-refractivity contribution in [1.29, 1.82) is 0 Å². The van der Waals surface area contributed by atoms with Gasteiger partial charge < -0.3 is 10.6 Å². The van der Waals surface area contributed by atoms with Gasteiger partial charge in [0.1, 0.15) is 0 Å². The highest BCUT2D eigenvalue weighted by Crippen LogP contribution is 2.13. The minimum Gasteiger partial charge on any atom is -0.341 e. The molecule has 1 fully saturated rings. The van der Waals surface area contributed by atoms with Crippen LogP contribution in [0.1, 0.15) is 26.7 Å². The van der Waals surface area contributed by atoms with E-state index in [1.54, 1.807) is 0 Å². The van der Waals surface area contributed by atoms with Gasteiger partial charge in [-0.2, -0.15) is 0 Å². The van der Waals surface area contributed by atoms with Crippen LogP contribution >= 0.6 is 0 Å². The molecule has 0 aromatic carbocycles. The van der Waals surface area contributed by atoms with Crippen molar-refractivity contribution in [1.82, 2.24) is 20.9 Å². The molecule has 0 aliphatic carbocycles. The van der Waals surface area contributed by atoms with Gasteiger partial charge in [-0.15, -0.1) is 0 Å². The monoisotopic (exact) mass is 256 g/mol. The van der Waals surface area contributed by atoms with Crippen molar-refractivity contribution in [3.63, 3.8) is 0 Å². The van der Waals surface area contributed by atoms with Crippen molar-refractivity contribution in [3.05, 3.63) is 0 Å². The number of urea groups is 1. The van der Waals surface area contributed by atoms with Crippen LogP contribution in [0.25, 0.3) is 0 Å². The maximum Gasteiger partial charge on any atom is 0.321 e. The highest BCUT2D eigenvalue weighted by atomic mass is 16.2. The summed E-state index contributed by atoms with van der Waals surface area (Å²) in [5.41, 5.74) is 0. The molecule has 1 unspecified atom stereocenters. The number of amides is 3. The van der Waals surface area contributed by atoms with Crippen LogP contribution in [-0.4, -0.2) is 55.6 Å². The van der Waals surface area contributed by atoms with Gasteiger partial charge >= 0.3 is 6.03 Å². The maximum atomic E-state index is 11.8. The van der Waals surface area contributed by atoms with Crippen molar-refractivity contribution >= 4 is 11.9 Å². The number of hydrogen-bond donors (Lipinski definition) is 3. The highest BCUT2D eigenvalue weighted by Gasteiger charge is 2.26. The molecule has 1 saturated heterocycles. The van der Waals surface area contributed by atoms with E-state index in [1.807, 2.05) is 6.92 Å². The van der Waals surface area contributed by atoms with Crippen LogP contribution in [0.4, 0.5) is 4.79 Å². The van der Waals surface area contributed by atoms with E-state index < -0.39 is 6.03 Å². The molecule has 0 radical (unpaired) electrons. The van der Waals surface area contributed by atoms with Gasteiger partial charge in [0.25, 0.3) is 0 Å². The summed E-state index contributed by atoms with van der Waals surface area (Å²) in [4.78, 5) is 25.0. The first kappa shape index (κ1) is 14.9. The van der Waals surface area contributed by atoms with Crippen LogP contribution < -0.4 is 16.0 Å². The van der Waals surface area contributed by atoms with Crippen molar-refractivity contribution in [3.8, 4) is 0 Å². The summed E-state index contributed by atoms with van der Waals surface area (Å²) < 4.78 is 0. The summed E-state index contributed by atoms with van der Waals surface area (Å²) in [6, 6.07) is -0.153. The fourth-order valence-electron chi connectivity index (χ4n) is 2.22. The third-order valence-corrected chi connectivity index (χ3v) is 3.41. The molecule has 3 N–H and O–H groups in total. The van der Waals surface area contributed by atoms with Crippen molar-refractivity contribution in [2.45, 2.75) is 38.8 Å². The normalized spacial score (nSPS) is 19.3. The fourth-order valence-corrected chi connectivity index (χ4v) is 2.22. The Bertz CT molecular complexity index is 288. The minimum absolute atomic E-state index is 0.240. The van der Waals surface area contributed by atoms with Gasteiger partial charge in [0, 0.05) is 26.2 Å². The summed E-state index contributed by atoms with van der Waals surface area (Å²) >= 11 is 0. The number of carbonyl (C=O) groups is 2. The molecule has 1 atom stereocenters. The van der Waals surface area contributed by atoms with Crippen molar-refractivity contribution in [2.24, 2.45) is 0 Å². The van der Waals surface area contributed by atoms with Gasteiger partial charge in [0.05, 0.1) is 6.04 Å². The Labute approximate surface area is 108 Å². The summed E-state index contributed by atoms with van der Waals surface area (Å²) in [7, 11) is 1.50. The third-order valence-electron chi connectivity index (χ3n) is 3.41. The van der Waals surface area contributed by atoms with Crippen LogP contribution in [0, 0.1) is 0 Å². The molecule has 1 rings (SSSR count). The molecule has 0 saturated carbocycles. The van der Waals surface area contributed by atoms with E-state index in [9.17, 15) is 9.59 Å². The lowest BCUT2D eigenvalue weighted by Gasteiger charge is -2.35. The Morgan fingerprint density at radius 2 is 1.94 bits per heavy atom. The molecule has 1 heterocycles. The van der Waals surface area contributed by atoms with E-state index in [2.05, 4.69) is 27.8 Å². The number of imide groups is 1. The third kappa shape index (κ3) is 4.27. The minimum atomic E-state index is -0.450. The Balaban J connectivity index is 2.37. The summed E-state index contributed by atoms with van der Waals surface area (Å²) in [6.07, 6.45) is 2.09. The molecule has 0 aromatic rings. The zero-order valence-electron chi connectivity index (χ0n) is 11.5. The number of piperidine rings is 1. The molecule has 0 bridgehead atoms. The number of likely N-dealkylation sites (tertiary alicyclic amines) is 1. The average Bonchev–Trinajstić information content (AvgIpc) is 2.39. The first-order valence-electron chi connectivity index (χ1n) is 6.58. The van der Waals surface area contributed by atoms with Gasteiger partial charge in [0.15, 0.2) is 0 Å². The van der Waals surface area contributed by atoms with Crippen LogP contribution in [0.3, 0.4) is 0 Å². The van der Waals surface area contributed by atoms with Gasteiger partial charge in [-0.3, -0.25) is 15.0 Å². The predicted molar refractivity (Wildman–Crippen MR) is 70.3 cm³/mol. The highest BCUT2D eigenvalue weighted by molar-refractivity contribution is 5.96. The molecule has 0 aromatic heterocycles. The SMILES string of the molecule is CCNC1CCN(C(C)C(=O)NC(=O)NC)CC1. The molecule has 1 aliphatic rings. The first-order valence-corrected chi connectivity index (χ1v) is 6.58. The number of nitrogens with one attached hydrogen (secondary N) is 3. The maximum absolute atomic E-state index is 11.8. The van der Waals surface area contributed by atoms with Gasteiger partial charge in [-0.05, 0) is 26.3 Å². The standard InChI is InChI=1S/C12H24N4O2/c1-4-14-10-5-7-16(8-6-10)9(2)11(17)15-12(18)13-3/h9-10,14H,4-8H2,1-3H3,(H2,13,15,17,18). The number of nitrogens with zero attached hydrogens (tertiary/aromatic N) is 1. The number of rotatable bonds is 4. The molecular formula is C12H24N4O2. The molecule has 6 nitrogen and oxygen atoms in total. The predicted octanol–water partition coefficient (Wildman–Crippen LogP) is -0.0956. The molecular weight excluding hydrogens is 232 g/mol. The lowest BCUT2D eigenvalue weighted by atomic mass is 10.0. The van der Waals surface area contributed by atoms with E-state index in [0.29, 0.717) is 6.04 Å². The Kier molecular flexibility index (Phi) is 6.07. The van der Waals surface area contributed by atoms with Gasteiger partial charge in [-0.25, -0.2) is 4.79 Å². The molecule has 6 heteroatoms. The number of hydrogen-bond acceptors (Lipinski definition) is 4. The molecule has 18 heavy (non-hydrogen) atoms. The molecule has 1 aliphatic heterocycles. The zero-order valence-corrected chi connectivity index (χ0v) is 11.5. The van der Waals surface area contributed by atoms with Crippen molar-refractivity contribution < 1.29 is 9.59 Å². The zero-order chi connectivity index (χ0) is 13.5. The van der Waals surface area contributed by atoms with Gasteiger partial charge in [-0.1, -0.05) is 6.92 Å². The molecule has 0 spiro atoms. The van der Waals surface area contributed by atoms with Crippen LogP contribution in [0.15, 0.2) is 0 Å². The second-order valence-corrected chi connectivity index (χ2v) is 4.61. The van der Waals surface area contributed by atoms with Crippen LogP contribution in [0.2, 0.25) is 0 Å². The van der Waals surface area contributed by atoms with E-state index >= 15 is 0 Å². The average molecular weight is 256 g/mol. The number of carbonyl (C=O) groups excluding carboxylic acids is 2. The topological polar surface area (TPSA) is 73.5 Å². The Morgan fingerprint density at radius 3 is 2.44 bits per heavy atom. The van der Waals surface area contributed by atoms with Gasteiger partial charge in [0.2, 0.25) is 5.91 Å². The Hall–Kier alpha value is -1.14. The van der Waals surface area contributed by atoms with Crippen LogP contribution in [0.5, 0.6) is 0 Å². The lowest BCUT2D eigenvalue weighted by molar-refractivity contribution is -0.125. The quantitative estimate of drug-likeness (QED) is 0.657. The molecule has 104 valence electrons. The second-order valence-electron chi connectivity index (χ2n) is 4.61. The van der Waals surface area contributed by atoms with E-state index in [4.69, 9.17) is 0 Å². The molecule has 3 amide bonds. The Morgan fingerprint density at radius 1 is 1.33 bits per heavy atom. The van der Waals surface area contributed by atoms with Crippen LogP contribution in [-0.2, 0) is 4.79 Å². The smallest absolute Gasteiger partial charge is 0.321 e.